The van der Waals surface area contributed by atoms with Crippen LogP contribution in [0.1, 0.15) is 23.8 Å². The lowest BCUT2D eigenvalue weighted by atomic mass is 10.1. The van der Waals surface area contributed by atoms with E-state index in [2.05, 4.69) is 16.8 Å². The van der Waals surface area contributed by atoms with Gasteiger partial charge < -0.3 is 25.3 Å². The van der Waals surface area contributed by atoms with Crippen LogP contribution in [0.3, 0.4) is 0 Å². The first-order chi connectivity index (χ1) is 12.1. The van der Waals surface area contributed by atoms with Gasteiger partial charge in [0.15, 0.2) is 0 Å². The van der Waals surface area contributed by atoms with E-state index in [0.717, 1.165) is 0 Å². The molecule has 26 heavy (non-hydrogen) atoms. The summed E-state index contributed by atoms with van der Waals surface area (Å²) in [6.45, 7) is -1.18. The van der Waals surface area contributed by atoms with Crippen LogP contribution in [-0.4, -0.2) is 57.6 Å². The molecule has 1 fully saturated rings. The highest BCUT2D eigenvalue weighted by molar-refractivity contribution is 5.81. The van der Waals surface area contributed by atoms with Gasteiger partial charge in [-0.15, -0.1) is 0 Å². The zero-order valence-corrected chi connectivity index (χ0v) is 13.0. The number of carbonyl (C=O) groups is 1. The first kappa shape index (κ1) is 19.7. The molecule has 0 aromatic carbocycles. The SMILES string of the molecule is O=C(NCC#Cc1c(C2CC(O)C(CO)O2)[nH]c(=O)[nH]c1=O)C(F)(F)F. The molecule has 9 nitrogen and oxygen atoms in total. The molecule has 2 rings (SSSR count). The lowest BCUT2D eigenvalue weighted by molar-refractivity contribution is -0.173. The molecule has 0 saturated carbocycles. The summed E-state index contributed by atoms with van der Waals surface area (Å²) in [6, 6.07) is 0. The standard InChI is InChI=1S/C14H14F3N3O6/c15-14(16,17)12(24)18-3-1-2-6-10(19-13(25)20-11(6)23)8-4-7(22)9(5-21)26-8/h7-9,21-22H,3-5H2,(H,18,24)(H2,19,20,23,25). The molecule has 0 radical (unpaired) electrons. The van der Waals surface area contributed by atoms with Crippen molar-refractivity contribution in [2.45, 2.75) is 30.9 Å². The van der Waals surface area contributed by atoms with Crippen LogP contribution < -0.4 is 16.6 Å². The van der Waals surface area contributed by atoms with Gasteiger partial charge in [0.2, 0.25) is 0 Å². The number of carbonyl (C=O) groups excluding carboxylic acids is 1. The van der Waals surface area contributed by atoms with Gasteiger partial charge in [0.1, 0.15) is 17.8 Å². The minimum Gasteiger partial charge on any atom is -0.394 e. The second-order valence-corrected chi connectivity index (χ2v) is 5.33. The third kappa shape index (κ3) is 4.51. The number of alkyl halides is 3. The number of aliphatic hydroxyl groups excluding tert-OH is 2. The van der Waals surface area contributed by atoms with Crippen LogP contribution in [-0.2, 0) is 9.53 Å². The summed E-state index contributed by atoms with van der Waals surface area (Å²) in [6.07, 6.45) is -8.01. The predicted molar refractivity (Wildman–Crippen MR) is 78.9 cm³/mol. The normalized spacial score (nSPS) is 22.6. The van der Waals surface area contributed by atoms with E-state index in [1.807, 2.05) is 4.98 Å². The zero-order chi connectivity index (χ0) is 19.5. The van der Waals surface area contributed by atoms with Gasteiger partial charge in [0, 0.05) is 6.42 Å². The molecule has 5 N–H and O–H groups in total. The van der Waals surface area contributed by atoms with Crippen LogP contribution in [0.5, 0.6) is 0 Å². The smallest absolute Gasteiger partial charge is 0.394 e. The molecule has 1 amide bonds. The Balaban J connectivity index is 2.25. The number of hydrogen-bond donors (Lipinski definition) is 5. The van der Waals surface area contributed by atoms with Crippen LogP contribution in [0.2, 0.25) is 0 Å². The maximum atomic E-state index is 12.1. The summed E-state index contributed by atoms with van der Waals surface area (Å²) < 4.78 is 41.5. The number of hydrogen-bond acceptors (Lipinski definition) is 6. The van der Waals surface area contributed by atoms with Gasteiger partial charge in [0.25, 0.3) is 5.56 Å². The van der Waals surface area contributed by atoms with Crippen molar-refractivity contribution in [1.82, 2.24) is 15.3 Å². The summed E-state index contributed by atoms with van der Waals surface area (Å²) >= 11 is 0. The molecule has 2 heterocycles. The van der Waals surface area contributed by atoms with Gasteiger partial charge in [-0.2, -0.15) is 13.2 Å². The fourth-order valence-corrected chi connectivity index (χ4v) is 2.31. The van der Waals surface area contributed by atoms with Crippen molar-refractivity contribution >= 4 is 5.91 Å². The molecule has 1 aromatic heterocycles. The Hall–Kier alpha value is -2.62. The van der Waals surface area contributed by atoms with Gasteiger partial charge in [-0.1, -0.05) is 11.8 Å². The Morgan fingerprint density at radius 2 is 2.04 bits per heavy atom. The topological polar surface area (TPSA) is 145 Å². The van der Waals surface area contributed by atoms with E-state index < -0.39 is 54.8 Å². The number of nitrogens with one attached hydrogen (secondary N) is 3. The molecule has 1 saturated heterocycles. The van der Waals surface area contributed by atoms with Crippen LogP contribution in [0.25, 0.3) is 0 Å². The van der Waals surface area contributed by atoms with E-state index in [0.29, 0.717) is 0 Å². The number of aromatic nitrogens is 2. The average Bonchev–Trinajstić information content (AvgIpc) is 2.92. The third-order valence-corrected chi connectivity index (χ3v) is 3.51. The number of aliphatic hydroxyl groups is 2. The monoisotopic (exact) mass is 377 g/mol. The molecule has 142 valence electrons. The van der Waals surface area contributed by atoms with Crippen molar-refractivity contribution in [3.63, 3.8) is 0 Å². The van der Waals surface area contributed by atoms with Gasteiger partial charge >= 0.3 is 17.8 Å². The van der Waals surface area contributed by atoms with Crippen molar-refractivity contribution in [3.8, 4) is 11.8 Å². The van der Waals surface area contributed by atoms with Crippen molar-refractivity contribution in [2.24, 2.45) is 0 Å². The Morgan fingerprint density at radius 3 is 2.62 bits per heavy atom. The Kier molecular flexibility index (Phi) is 5.86. The van der Waals surface area contributed by atoms with Crippen LogP contribution in [0, 0.1) is 11.8 Å². The maximum Gasteiger partial charge on any atom is 0.471 e. The van der Waals surface area contributed by atoms with Crippen LogP contribution >= 0.6 is 0 Å². The van der Waals surface area contributed by atoms with Crippen molar-refractivity contribution in [3.05, 3.63) is 32.1 Å². The summed E-state index contributed by atoms with van der Waals surface area (Å²) in [4.78, 5) is 38.3. The minimum absolute atomic E-state index is 0.0376. The zero-order valence-electron chi connectivity index (χ0n) is 13.0. The largest absolute Gasteiger partial charge is 0.471 e. The molecule has 1 aromatic rings. The van der Waals surface area contributed by atoms with E-state index in [9.17, 15) is 32.7 Å². The number of halogens is 3. The van der Waals surface area contributed by atoms with E-state index in [-0.39, 0.29) is 17.7 Å². The first-order valence-electron chi connectivity index (χ1n) is 7.28. The summed E-state index contributed by atoms with van der Waals surface area (Å²) in [5.74, 6) is 2.26. The molecule has 3 atom stereocenters. The molecule has 12 heteroatoms. The maximum absolute atomic E-state index is 12.1. The highest BCUT2D eigenvalue weighted by Gasteiger charge is 2.38. The van der Waals surface area contributed by atoms with E-state index in [1.165, 1.54) is 5.32 Å². The average molecular weight is 377 g/mol. The molecule has 0 bridgehead atoms. The number of amides is 1. The summed E-state index contributed by atoms with van der Waals surface area (Å²) in [5.41, 5.74) is -2.15. The van der Waals surface area contributed by atoms with Gasteiger partial charge in [-0.05, 0) is 0 Å². The number of rotatable bonds is 3. The lowest BCUT2D eigenvalue weighted by Gasteiger charge is -2.13. The van der Waals surface area contributed by atoms with Crippen LogP contribution in [0.15, 0.2) is 9.59 Å². The van der Waals surface area contributed by atoms with Crippen LogP contribution in [0.4, 0.5) is 13.2 Å². The van der Waals surface area contributed by atoms with Crippen molar-refractivity contribution in [2.75, 3.05) is 13.2 Å². The quantitative estimate of drug-likeness (QED) is 0.396. The molecule has 3 unspecified atom stereocenters. The van der Waals surface area contributed by atoms with E-state index in [4.69, 9.17) is 9.84 Å². The van der Waals surface area contributed by atoms with E-state index >= 15 is 0 Å². The fraction of sp³-hybridized carbons (Fsp3) is 0.500. The van der Waals surface area contributed by atoms with Crippen molar-refractivity contribution < 1.29 is 32.9 Å². The summed E-state index contributed by atoms with van der Waals surface area (Å²) in [7, 11) is 0. The third-order valence-electron chi connectivity index (χ3n) is 3.51. The van der Waals surface area contributed by atoms with Gasteiger partial charge in [-0.25, -0.2) is 4.79 Å². The Morgan fingerprint density at radius 1 is 1.35 bits per heavy atom. The number of H-pyrrole nitrogens is 2. The highest BCUT2D eigenvalue weighted by atomic mass is 19.4. The Labute approximate surface area is 143 Å². The minimum atomic E-state index is -5.06. The predicted octanol–water partition coefficient (Wildman–Crippen LogP) is -1.72. The van der Waals surface area contributed by atoms with Gasteiger partial charge in [-0.3, -0.25) is 14.6 Å². The molecule has 1 aliphatic rings. The number of aromatic amines is 2. The fourth-order valence-electron chi connectivity index (χ4n) is 2.31. The molecule has 1 aliphatic heterocycles. The summed E-state index contributed by atoms with van der Waals surface area (Å²) in [5, 5.41) is 20.3. The molecule has 0 aliphatic carbocycles. The van der Waals surface area contributed by atoms with Crippen molar-refractivity contribution in [1.29, 1.82) is 0 Å². The highest BCUT2D eigenvalue weighted by Crippen LogP contribution is 2.32. The second kappa shape index (κ2) is 7.73. The second-order valence-electron chi connectivity index (χ2n) is 5.33. The Bertz CT molecular complexity index is 850. The number of ether oxygens (including phenoxy) is 1. The molecular formula is C14H14F3N3O6. The van der Waals surface area contributed by atoms with Gasteiger partial charge in [0.05, 0.1) is 24.9 Å². The first-order valence-corrected chi connectivity index (χ1v) is 7.28. The molecule has 0 spiro atoms. The molecular weight excluding hydrogens is 363 g/mol. The van der Waals surface area contributed by atoms with E-state index in [1.54, 1.807) is 0 Å². The lowest BCUT2D eigenvalue weighted by Crippen LogP contribution is -2.36.